The Morgan fingerprint density at radius 1 is 1.12 bits per heavy atom. The highest BCUT2D eigenvalue weighted by Gasteiger charge is 2.34. The number of benzene rings is 2. The highest BCUT2D eigenvalue weighted by Crippen LogP contribution is 2.29. The molecule has 0 radical (unpaired) electrons. The first-order valence-corrected chi connectivity index (χ1v) is 11.5. The number of aliphatic imine (C=N–C) groups is 1. The Hall–Kier alpha value is -3.61. The summed E-state index contributed by atoms with van der Waals surface area (Å²) >= 11 is 0. The number of methoxy groups -OCH3 is 1. The molecule has 1 fully saturated rings. The van der Waals surface area contributed by atoms with Crippen LogP contribution in [0.15, 0.2) is 65.4 Å². The van der Waals surface area contributed by atoms with Gasteiger partial charge in [0, 0.05) is 31.7 Å². The van der Waals surface area contributed by atoms with Crippen LogP contribution in [0.2, 0.25) is 0 Å². The van der Waals surface area contributed by atoms with Crippen LogP contribution in [0, 0.1) is 0 Å². The van der Waals surface area contributed by atoms with Gasteiger partial charge in [0.15, 0.2) is 0 Å². The van der Waals surface area contributed by atoms with Crippen LogP contribution < -0.4 is 10.1 Å². The normalized spacial score (nSPS) is 17.7. The van der Waals surface area contributed by atoms with E-state index in [1.807, 2.05) is 30.5 Å². The van der Waals surface area contributed by atoms with Crippen LogP contribution in [0.4, 0.5) is 5.69 Å². The first-order chi connectivity index (χ1) is 16.2. The van der Waals surface area contributed by atoms with Crippen LogP contribution in [0.25, 0.3) is 0 Å². The van der Waals surface area contributed by atoms with E-state index in [2.05, 4.69) is 36.0 Å². The lowest BCUT2D eigenvalue weighted by atomic mass is 9.87. The summed E-state index contributed by atoms with van der Waals surface area (Å²) in [6.07, 6.45) is 4.65. The molecule has 0 bridgehead atoms. The fourth-order valence-electron chi connectivity index (χ4n) is 4.11. The molecule has 2 amide bonds. The number of hydrogen-bond acceptors (Lipinski definition) is 5. The third-order valence-corrected chi connectivity index (χ3v) is 6.41. The monoisotopic (exact) mass is 460 g/mol. The van der Waals surface area contributed by atoms with Gasteiger partial charge in [-0.2, -0.15) is 0 Å². The molecule has 2 aliphatic rings. The third kappa shape index (κ3) is 4.83. The SMILES string of the molecule is COc1ccc(C(C(=O)Nc2ccc(C(C)(C)C)cc2)N(C)C(=O)C2=CN3CCC3C=N2)cc1. The van der Waals surface area contributed by atoms with Crippen LogP contribution in [0.3, 0.4) is 0 Å². The van der Waals surface area contributed by atoms with Crippen LogP contribution in [0.5, 0.6) is 5.75 Å². The zero-order valence-corrected chi connectivity index (χ0v) is 20.4. The minimum atomic E-state index is -0.842. The minimum Gasteiger partial charge on any atom is -0.497 e. The molecule has 178 valence electrons. The summed E-state index contributed by atoms with van der Waals surface area (Å²) in [7, 11) is 3.23. The van der Waals surface area contributed by atoms with Gasteiger partial charge in [-0.25, -0.2) is 0 Å². The second-order valence-corrected chi connectivity index (χ2v) is 9.79. The van der Waals surface area contributed by atoms with E-state index < -0.39 is 6.04 Å². The summed E-state index contributed by atoms with van der Waals surface area (Å²) in [5.41, 5.74) is 2.89. The van der Waals surface area contributed by atoms with E-state index in [0.717, 1.165) is 13.0 Å². The summed E-state index contributed by atoms with van der Waals surface area (Å²) in [5.74, 6) is 0.0745. The van der Waals surface area contributed by atoms with Crippen LogP contribution in [-0.2, 0) is 15.0 Å². The first kappa shape index (κ1) is 23.5. The van der Waals surface area contributed by atoms with E-state index in [4.69, 9.17) is 4.74 Å². The van der Waals surface area contributed by atoms with Crippen LogP contribution in [-0.4, -0.2) is 54.6 Å². The maximum Gasteiger partial charge on any atom is 0.274 e. The molecule has 0 aromatic heterocycles. The Morgan fingerprint density at radius 3 is 2.32 bits per heavy atom. The number of likely N-dealkylation sites (N-methyl/N-ethyl adjacent to an activating group) is 1. The molecule has 0 spiro atoms. The molecule has 2 aromatic rings. The van der Waals surface area contributed by atoms with Crippen LogP contribution >= 0.6 is 0 Å². The Morgan fingerprint density at radius 2 is 1.79 bits per heavy atom. The summed E-state index contributed by atoms with van der Waals surface area (Å²) < 4.78 is 5.26. The minimum absolute atomic E-state index is 0.0184. The molecule has 34 heavy (non-hydrogen) atoms. The summed E-state index contributed by atoms with van der Waals surface area (Å²) in [6, 6.07) is 14.4. The van der Waals surface area contributed by atoms with Gasteiger partial charge in [-0.3, -0.25) is 14.6 Å². The summed E-state index contributed by atoms with van der Waals surface area (Å²) in [5, 5.41) is 2.98. The molecule has 1 saturated heterocycles. The van der Waals surface area contributed by atoms with E-state index >= 15 is 0 Å². The average Bonchev–Trinajstić information content (AvgIpc) is 2.79. The number of nitrogens with zero attached hydrogens (tertiary/aromatic N) is 3. The molecule has 0 aliphatic carbocycles. The van der Waals surface area contributed by atoms with E-state index in [1.165, 1.54) is 10.5 Å². The van der Waals surface area contributed by atoms with Gasteiger partial charge >= 0.3 is 0 Å². The molecule has 2 heterocycles. The van der Waals surface area contributed by atoms with E-state index in [9.17, 15) is 9.59 Å². The van der Waals surface area contributed by atoms with Gasteiger partial charge in [0.05, 0.1) is 13.2 Å². The number of hydrogen-bond donors (Lipinski definition) is 1. The maximum absolute atomic E-state index is 13.5. The first-order valence-electron chi connectivity index (χ1n) is 11.5. The van der Waals surface area contributed by atoms with Crippen molar-refractivity contribution in [2.45, 2.75) is 44.7 Å². The van der Waals surface area contributed by atoms with Gasteiger partial charge < -0.3 is 19.9 Å². The molecule has 1 N–H and O–H groups in total. The van der Waals surface area contributed by atoms with Gasteiger partial charge in [-0.15, -0.1) is 0 Å². The van der Waals surface area contributed by atoms with Crippen molar-refractivity contribution in [3.05, 3.63) is 71.6 Å². The van der Waals surface area contributed by atoms with Gasteiger partial charge in [0.25, 0.3) is 11.8 Å². The standard InChI is InChI=1S/C27H32N4O3/c1-27(2,3)19-8-10-20(11-9-19)29-25(32)24(18-6-12-22(34-5)13-7-18)30(4)26(33)23-17-31-15-14-21(31)16-28-23/h6-13,16-17,21,24H,14-15H2,1-5H3,(H,29,32). The highest BCUT2D eigenvalue weighted by atomic mass is 16.5. The lowest BCUT2D eigenvalue weighted by molar-refractivity contribution is -0.134. The second-order valence-electron chi connectivity index (χ2n) is 9.79. The Balaban J connectivity index is 1.59. The quantitative estimate of drug-likeness (QED) is 0.703. The van der Waals surface area contributed by atoms with E-state index in [0.29, 0.717) is 22.7 Å². The predicted molar refractivity (Wildman–Crippen MR) is 134 cm³/mol. The largest absolute Gasteiger partial charge is 0.497 e. The zero-order chi connectivity index (χ0) is 24.5. The van der Waals surface area contributed by atoms with Gasteiger partial charge in [-0.1, -0.05) is 45.0 Å². The third-order valence-electron chi connectivity index (χ3n) is 6.41. The van der Waals surface area contributed by atoms with Crippen LogP contribution in [0.1, 0.15) is 44.4 Å². The van der Waals surface area contributed by atoms with Crippen molar-refractivity contribution in [2.75, 3.05) is 26.0 Å². The van der Waals surface area contributed by atoms with Crippen molar-refractivity contribution < 1.29 is 14.3 Å². The number of ether oxygens (including phenoxy) is 1. The van der Waals surface area contributed by atoms with Crippen molar-refractivity contribution >= 4 is 23.7 Å². The Labute approximate surface area is 201 Å². The van der Waals surface area contributed by atoms with Crippen molar-refractivity contribution in [2.24, 2.45) is 4.99 Å². The number of rotatable bonds is 6. The number of carbonyl (C=O) groups excluding carboxylic acids is 2. The Bertz CT molecular complexity index is 1110. The number of anilines is 1. The van der Waals surface area contributed by atoms with Gasteiger partial charge in [0.2, 0.25) is 0 Å². The highest BCUT2D eigenvalue weighted by molar-refractivity contribution is 6.02. The van der Waals surface area contributed by atoms with Crippen molar-refractivity contribution in [1.29, 1.82) is 0 Å². The predicted octanol–water partition coefficient (Wildman–Crippen LogP) is 4.13. The van der Waals surface area contributed by atoms with Gasteiger partial charge in [0.1, 0.15) is 17.5 Å². The van der Waals surface area contributed by atoms with Gasteiger partial charge in [-0.05, 0) is 47.2 Å². The lowest BCUT2D eigenvalue weighted by Gasteiger charge is -2.40. The van der Waals surface area contributed by atoms with Crippen molar-refractivity contribution in [3.8, 4) is 5.75 Å². The second kappa shape index (κ2) is 9.33. The summed E-state index contributed by atoms with van der Waals surface area (Å²) in [4.78, 5) is 34.7. The fourth-order valence-corrected chi connectivity index (χ4v) is 4.11. The topological polar surface area (TPSA) is 74.2 Å². The van der Waals surface area contributed by atoms with E-state index in [1.54, 1.807) is 44.6 Å². The number of carbonyl (C=O) groups is 2. The number of fused-ring (bicyclic) bond motifs is 1. The molecule has 4 rings (SSSR count). The molecule has 2 aliphatic heterocycles. The van der Waals surface area contributed by atoms with Crippen molar-refractivity contribution in [3.63, 3.8) is 0 Å². The molecule has 2 aromatic carbocycles. The molecule has 7 heteroatoms. The van der Waals surface area contributed by atoms with Crippen molar-refractivity contribution in [1.82, 2.24) is 9.80 Å². The molecular weight excluding hydrogens is 428 g/mol. The molecule has 7 nitrogen and oxygen atoms in total. The molecule has 2 atom stereocenters. The van der Waals surface area contributed by atoms with E-state index in [-0.39, 0.29) is 23.3 Å². The fraction of sp³-hybridized carbons (Fsp3) is 0.370. The zero-order valence-electron chi connectivity index (χ0n) is 20.4. The molecule has 2 unspecified atom stereocenters. The maximum atomic E-state index is 13.5. The smallest absolute Gasteiger partial charge is 0.274 e. The Kier molecular flexibility index (Phi) is 6.46. The molecular formula is C27H32N4O3. The average molecular weight is 461 g/mol. The molecule has 0 saturated carbocycles. The number of amides is 2. The lowest BCUT2D eigenvalue weighted by Crippen LogP contribution is -2.48. The summed E-state index contributed by atoms with van der Waals surface area (Å²) in [6.45, 7) is 7.34. The number of nitrogens with one attached hydrogen (secondary N) is 1.